The number of likely N-dealkylation sites (tertiary alicyclic amines) is 1. The highest BCUT2D eigenvalue weighted by Gasteiger charge is 2.30. The summed E-state index contributed by atoms with van der Waals surface area (Å²) in [5.74, 6) is 0.127. The molecule has 132 valence electrons. The summed E-state index contributed by atoms with van der Waals surface area (Å²) in [7, 11) is 0. The van der Waals surface area contributed by atoms with Gasteiger partial charge >= 0.3 is 12.2 Å². The number of nitrogens with one attached hydrogen (secondary N) is 1. The smallest absolute Gasteiger partial charge is 0.411 e. The number of carbonyl (C=O) groups excluding carboxylic acids is 2. The number of hydrogen-bond donors (Lipinski definition) is 1. The molecule has 0 bridgehead atoms. The van der Waals surface area contributed by atoms with Crippen molar-refractivity contribution < 1.29 is 19.1 Å². The second-order valence-corrected chi connectivity index (χ2v) is 7.64. The van der Waals surface area contributed by atoms with Gasteiger partial charge in [-0.3, -0.25) is 5.32 Å². The van der Waals surface area contributed by atoms with Gasteiger partial charge in [0.2, 0.25) is 0 Å². The zero-order valence-corrected chi connectivity index (χ0v) is 15.8. The lowest BCUT2D eigenvalue weighted by molar-refractivity contribution is 0.0283. The van der Waals surface area contributed by atoms with Crippen LogP contribution in [0.25, 0.3) is 0 Å². The van der Waals surface area contributed by atoms with E-state index >= 15 is 0 Å². The lowest BCUT2D eigenvalue weighted by Crippen LogP contribution is -2.35. The number of benzene rings is 1. The van der Waals surface area contributed by atoms with Crippen molar-refractivity contribution in [2.75, 3.05) is 25.0 Å². The molecule has 1 aromatic carbocycles. The maximum absolute atomic E-state index is 12.0. The summed E-state index contributed by atoms with van der Waals surface area (Å²) in [4.78, 5) is 25.5. The van der Waals surface area contributed by atoms with Crippen molar-refractivity contribution in [1.82, 2.24) is 4.90 Å². The lowest BCUT2D eigenvalue weighted by atomic mass is 10.1. The summed E-state index contributed by atoms with van der Waals surface area (Å²) in [6.45, 7) is 6.95. The van der Waals surface area contributed by atoms with E-state index < -0.39 is 11.7 Å². The average Bonchev–Trinajstić information content (AvgIpc) is 2.95. The number of ether oxygens (including phenoxy) is 2. The van der Waals surface area contributed by atoms with E-state index in [4.69, 9.17) is 9.47 Å². The third-order valence-electron chi connectivity index (χ3n) is 3.50. The Morgan fingerprint density at radius 3 is 2.71 bits per heavy atom. The van der Waals surface area contributed by atoms with E-state index in [1.807, 2.05) is 39.0 Å². The van der Waals surface area contributed by atoms with Gasteiger partial charge in [0, 0.05) is 23.5 Å². The molecule has 1 aliphatic rings. The molecule has 1 fully saturated rings. The van der Waals surface area contributed by atoms with Gasteiger partial charge in [0.15, 0.2) is 0 Å². The fourth-order valence-corrected chi connectivity index (χ4v) is 2.75. The van der Waals surface area contributed by atoms with E-state index in [1.165, 1.54) is 0 Å². The molecule has 2 amide bonds. The van der Waals surface area contributed by atoms with Crippen LogP contribution in [0.5, 0.6) is 0 Å². The zero-order chi connectivity index (χ0) is 17.7. The van der Waals surface area contributed by atoms with Gasteiger partial charge in [-0.25, -0.2) is 9.59 Å². The van der Waals surface area contributed by atoms with Crippen LogP contribution in [0.4, 0.5) is 15.3 Å². The largest absolute Gasteiger partial charge is 0.449 e. The Morgan fingerprint density at radius 2 is 2.04 bits per heavy atom. The number of amides is 2. The van der Waals surface area contributed by atoms with Crippen molar-refractivity contribution >= 4 is 33.8 Å². The molecule has 24 heavy (non-hydrogen) atoms. The zero-order valence-electron chi connectivity index (χ0n) is 14.2. The number of para-hydroxylation sites is 1. The van der Waals surface area contributed by atoms with E-state index in [-0.39, 0.29) is 18.6 Å². The SMILES string of the molecule is CC(C)(C)OC(=O)N1CC[C@@H](COC(=O)Nc2ccccc2Br)C1. The van der Waals surface area contributed by atoms with Gasteiger partial charge in [-0.15, -0.1) is 0 Å². The molecular weight excluding hydrogens is 376 g/mol. The predicted octanol–water partition coefficient (Wildman–Crippen LogP) is 4.25. The first kappa shape index (κ1) is 18.6. The number of nitrogens with zero attached hydrogens (tertiary/aromatic N) is 1. The average molecular weight is 399 g/mol. The minimum atomic E-state index is -0.505. The van der Waals surface area contributed by atoms with Gasteiger partial charge in [0.25, 0.3) is 0 Å². The molecule has 1 atom stereocenters. The normalized spacial score (nSPS) is 17.5. The predicted molar refractivity (Wildman–Crippen MR) is 95.0 cm³/mol. The van der Waals surface area contributed by atoms with Crippen LogP contribution >= 0.6 is 15.9 Å². The number of carbonyl (C=O) groups is 2. The van der Waals surface area contributed by atoms with Crippen molar-refractivity contribution in [1.29, 1.82) is 0 Å². The quantitative estimate of drug-likeness (QED) is 0.825. The highest BCUT2D eigenvalue weighted by Crippen LogP contribution is 2.22. The Labute approximate surface area is 150 Å². The first-order valence-corrected chi connectivity index (χ1v) is 8.70. The molecule has 0 unspecified atom stereocenters. The first-order valence-electron chi connectivity index (χ1n) is 7.91. The van der Waals surface area contributed by atoms with E-state index in [1.54, 1.807) is 11.0 Å². The number of hydrogen-bond acceptors (Lipinski definition) is 4. The van der Waals surface area contributed by atoms with Crippen LogP contribution in [-0.2, 0) is 9.47 Å². The molecule has 1 saturated heterocycles. The maximum Gasteiger partial charge on any atom is 0.411 e. The number of anilines is 1. The highest BCUT2D eigenvalue weighted by atomic mass is 79.9. The van der Waals surface area contributed by atoms with Crippen molar-refractivity contribution in [2.45, 2.75) is 32.8 Å². The Hall–Kier alpha value is -1.76. The topological polar surface area (TPSA) is 67.9 Å². The third-order valence-corrected chi connectivity index (χ3v) is 4.19. The summed E-state index contributed by atoms with van der Waals surface area (Å²) in [6.07, 6.45) is -0.0260. The fraction of sp³-hybridized carbons (Fsp3) is 0.529. The van der Waals surface area contributed by atoms with Gasteiger partial charge in [-0.2, -0.15) is 0 Å². The van der Waals surface area contributed by atoms with E-state index in [9.17, 15) is 9.59 Å². The van der Waals surface area contributed by atoms with Crippen LogP contribution in [0, 0.1) is 5.92 Å². The molecule has 0 spiro atoms. The summed E-state index contributed by atoms with van der Waals surface area (Å²) in [6, 6.07) is 7.32. The van der Waals surface area contributed by atoms with Crippen molar-refractivity contribution in [3.05, 3.63) is 28.7 Å². The Balaban J connectivity index is 1.75. The van der Waals surface area contributed by atoms with Gasteiger partial charge < -0.3 is 14.4 Å². The standard InChI is InChI=1S/C17H23BrN2O4/c1-17(2,3)24-16(22)20-9-8-12(10-20)11-23-15(21)19-14-7-5-4-6-13(14)18/h4-7,12H,8-11H2,1-3H3,(H,19,21)/t12-/m1/s1. The molecule has 1 aliphatic heterocycles. The van der Waals surface area contributed by atoms with Crippen LogP contribution in [0.1, 0.15) is 27.2 Å². The number of rotatable bonds is 3. The Bertz CT molecular complexity index is 600. The minimum Gasteiger partial charge on any atom is -0.449 e. The van der Waals surface area contributed by atoms with Gasteiger partial charge in [0.1, 0.15) is 5.60 Å². The Morgan fingerprint density at radius 1 is 1.33 bits per heavy atom. The molecule has 2 rings (SSSR count). The highest BCUT2D eigenvalue weighted by molar-refractivity contribution is 9.10. The molecule has 1 heterocycles. The first-order chi connectivity index (χ1) is 11.2. The van der Waals surface area contributed by atoms with Crippen LogP contribution in [-0.4, -0.2) is 42.4 Å². The molecular formula is C17H23BrN2O4. The van der Waals surface area contributed by atoms with E-state index in [0.29, 0.717) is 18.8 Å². The van der Waals surface area contributed by atoms with Crippen molar-refractivity contribution in [3.63, 3.8) is 0 Å². The van der Waals surface area contributed by atoms with Crippen LogP contribution in [0.2, 0.25) is 0 Å². The summed E-state index contributed by atoms with van der Waals surface area (Å²) in [5, 5.41) is 2.69. The monoisotopic (exact) mass is 398 g/mol. The second kappa shape index (κ2) is 7.88. The molecule has 0 aliphatic carbocycles. The van der Waals surface area contributed by atoms with Crippen molar-refractivity contribution in [2.24, 2.45) is 5.92 Å². The molecule has 0 radical (unpaired) electrons. The summed E-state index contributed by atoms with van der Waals surface area (Å²) < 4.78 is 11.4. The molecule has 1 aromatic rings. The van der Waals surface area contributed by atoms with Gasteiger partial charge in [0.05, 0.1) is 12.3 Å². The van der Waals surface area contributed by atoms with Gasteiger partial charge in [-0.1, -0.05) is 12.1 Å². The summed E-state index contributed by atoms with van der Waals surface area (Å²) >= 11 is 3.36. The fourth-order valence-electron chi connectivity index (χ4n) is 2.36. The molecule has 6 nitrogen and oxygen atoms in total. The third kappa shape index (κ3) is 5.70. The summed E-state index contributed by atoms with van der Waals surface area (Å²) in [5.41, 5.74) is 0.151. The van der Waals surface area contributed by atoms with Crippen LogP contribution < -0.4 is 5.32 Å². The van der Waals surface area contributed by atoms with Gasteiger partial charge in [-0.05, 0) is 55.3 Å². The lowest BCUT2D eigenvalue weighted by Gasteiger charge is -2.24. The maximum atomic E-state index is 12.0. The molecule has 0 aromatic heterocycles. The molecule has 7 heteroatoms. The number of halogens is 1. The molecule has 1 N–H and O–H groups in total. The van der Waals surface area contributed by atoms with Crippen molar-refractivity contribution in [3.8, 4) is 0 Å². The molecule has 0 saturated carbocycles. The van der Waals surface area contributed by atoms with Crippen LogP contribution in [0.15, 0.2) is 28.7 Å². The Kier molecular flexibility index (Phi) is 6.10. The van der Waals surface area contributed by atoms with Crippen LogP contribution in [0.3, 0.4) is 0 Å². The van der Waals surface area contributed by atoms with E-state index in [2.05, 4.69) is 21.2 Å². The minimum absolute atomic E-state index is 0.127. The van der Waals surface area contributed by atoms with E-state index in [0.717, 1.165) is 10.9 Å². The second-order valence-electron chi connectivity index (χ2n) is 6.78.